The van der Waals surface area contributed by atoms with Crippen LogP contribution >= 0.6 is 11.6 Å². The smallest absolute Gasteiger partial charge is 0.264 e. The Hall–Kier alpha value is -3.76. The minimum Gasteiger partial charge on any atom is -0.497 e. The van der Waals surface area contributed by atoms with Crippen molar-refractivity contribution in [3.8, 4) is 11.5 Å². The molecule has 0 aliphatic heterocycles. The normalized spacial score (nSPS) is 12.0. The summed E-state index contributed by atoms with van der Waals surface area (Å²) in [7, 11) is -2.67. The number of hydrogen-bond donors (Lipinski definition) is 1. The Kier molecular flexibility index (Phi) is 11.6. The number of hydrogen-bond acceptors (Lipinski definition) is 6. The number of nitrogens with zero attached hydrogens (tertiary/aromatic N) is 2. The van der Waals surface area contributed by atoms with Gasteiger partial charge >= 0.3 is 0 Å². The van der Waals surface area contributed by atoms with Gasteiger partial charge in [0.2, 0.25) is 11.8 Å². The third-order valence-electron chi connectivity index (χ3n) is 6.46. The molecule has 3 aromatic rings. The highest BCUT2D eigenvalue weighted by atomic mass is 35.5. The highest BCUT2D eigenvalue weighted by molar-refractivity contribution is 7.92. The number of sulfonamides is 1. The Labute approximate surface area is 253 Å². The topological polar surface area (TPSA) is 105 Å². The predicted octanol–water partition coefficient (Wildman–Crippen LogP) is 5.13. The molecular formula is C31H38ClN3O6S. The maximum Gasteiger partial charge on any atom is 0.264 e. The fourth-order valence-electron chi connectivity index (χ4n) is 4.14. The first kappa shape index (κ1) is 32.8. The van der Waals surface area contributed by atoms with Gasteiger partial charge in [0.15, 0.2) is 0 Å². The van der Waals surface area contributed by atoms with Crippen LogP contribution in [-0.2, 0) is 26.2 Å². The third kappa shape index (κ3) is 8.62. The van der Waals surface area contributed by atoms with E-state index in [4.69, 9.17) is 21.1 Å². The molecule has 2 amide bonds. The van der Waals surface area contributed by atoms with Gasteiger partial charge in [0, 0.05) is 18.1 Å². The van der Waals surface area contributed by atoms with Crippen molar-refractivity contribution in [3.05, 3.63) is 83.4 Å². The maximum absolute atomic E-state index is 14.0. The highest BCUT2D eigenvalue weighted by Gasteiger charge is 2.32. The second-order valence-electron chi connectivity index (χ2n) is 10.1. The van der Waals surface area contributed by atoms with Crippen molar-refractivity contribution < 1.29 is 27.5 Å². The number of anilines is 1. The number of nitrogens with one attached hydrogen (secondary N) is 1. The van der Waals surface area contributed by atoms with E-state index in [1.807, 2.05) is 26.8 Å². The Morgan fingerprint density at radius 2 is 1.62 bits per heavy atom. The highest BCUT2D eigenvalue weighted by Crippen LogP contribution is 2.27. The number of amides is 2. The van der Waals surface area contributed by atoms with Gasteiger partial charge in [-0.25, -0.2) is 8.42 Å². The van der Waals surface area contributed by atoms with Crippen LogP contribution in [0.2, 0.25) is 5.02 Å². The first-order valence-corrected chi connectivity index (χ1v) is 15.5. The zero-order chi connectivity index (χ0) is 30.9. The molecule has 9 nitrogen and oxygen atoms in total. The molecule has 11 heteroatoms. The van der Waals surface area contributed by atoms with E-state index in [1.54, 1.807) is 56.5 Å². The van der Waals surface area contributed by atoms with Crippen molar-refractivity contribution in [2.75, 3.05) is 31.1 Å². The average Bonchev–Trinajstić information content (AvgIpc) is 2.97. The summed E-state index contributed by atoms with van der Waals surface area (Å²) in [5.74, 6) is 0.470. The van der Waals surface area contributed by atoms with E-state index in [0.717, 1.165) is 9.87 Å². The maximum atomic E-state index is 14.0. The lowest BCUT2D eigenvalue weighted by atomic mass is 10.1. The van der Waals surface area contributed by atoms with Crippen molar-refractivity contribution in [1.29, 1.82) is 0 Å². The van der Waals surface area contributed by atoms with Gasteiger partial charge in [0.05, 0.1) is 24.3 Å². The minimum atomic E-state index is -4.21. The Morgan fingerprint density at radius 1 is 0.952 bits per heavy atom. The molecule has 0 saturated carbocycles. The molecule has 1 N–H and O–H groups in total. The van der Waals surface area contributed by atoms with Crippen molar-refractivity contribution >= 4 is 39.1 Å². The molecule has 0 radical (unpaired) electrons. The summed E-state index contributed by atoms with van der Waals surface area (Å²) >= 11 is 6.01. The Bertz CT molecular complexity index is 1450. The molecule has 3 aromatic carbocycles. The van der Waals surface area contributed by atoms with Crippen molar-refractivity contribution in [1.82, 2.24) is 10.2 Å². The molecule has 0 spiro atoms. The zero-order valence-corrected chi connectivity index (χ0v) is 26.1. The molecule has 0 heterocycles. The number of carbonyl (C=O) groups is 2. The Balaban J connectivity index is 2.02. The van der Waals surface area contributed by atoms with Gasteiger partial charge in [-0.05, 0) is 86.0 Å². The van der Waals surface area contributed by atoms with E-state index in [1.165, 1.54) is 29.2 Å². The summed E-state index contributed by atoms with van der Waals surface area (Å²) in [6, 6.07) is 18.4. The fraction of sp³-hybridized carbons (Fsp3) is 0.355. The molecule has 1 atom stereocenters. The number of methoxy groups -OCH3 is 1. The molecular weight excluding hydrogens is 578 g/mol. The van der Waals surface area contributed by atoms with E-state index in [9.17, 15) is 18.0 Å². The second kappa shape index (κ2) is 14.9. The molecule has 226 valence electrons. The van der Waals surface area contributed by atoms with Crippen LogP contribution in [0.5, 0.6) is 11.5 Å². The van der Waals surface area contributed by atoms with Crippen LogP contribution in [0.25, 0.3) is 0 Å². The number of carbonyl (C=O) groups excluding carboxylic acids is 2. The quantitative estimate of drug-likeness (QED) is 0.270. The summed E-state index contributed by atoms with van der Waals surface area (Å²) in [5, 5.41) is 3.25. The van der Waals surface area contributed by atoms with Crippen molar-refractivity contribution in [3.63, 3.8) is 0 Å². The first-order valence-electron chi connectivity index (χ1n) is 13.7. The largest absolute Gasteiger partial charge is 0.497 e. The van der Waals surface area contributed by atoms with Gasteiger partial charge < -0.3 is 19.7 Å². The molecule has 0 aromatic heterocycles. The number of halogens is 1. The van der Waals surface area contributed by atoms with Crippen LogP contribution in [-0.4, -0.2) is 58.0 Å². The van der Waals surface area contributed by atoms with Crippen LogP contribution in [0.3, 0.4) is 0 Å². The third-order valence-corrected chi connectivity index (χ3v) is 8.50. The molecule has 0 unspecified atom stereocenters. The van der Waals surface area contributed by atoms with Crippen LogP contribution in [0, 0.1) is 5.92 Å². The zero-order valence-electron chi connectivity index (χ0n) is 24.5. The summed E-state index contributed by atoms with van der Waals surface area (Å²) in [5.41, 5.74) is 0.986. The summed E-state index contributed by atoms with van der Waals surface area (Å²) in [6.07, 6.45) is 0. The van der Waals surface area contributed by atoms with E-state index in [0.29, 0.717) is 29.7 Å². The molecule has 0 saturated heterocycles. The average molecular weight is 616 g/mol. The predicted molar refractivity (Wildman–Crippen MR) is 164 cm³/mol. The molecule has 0 fully saturated rings. The van der Waals surface area contributed by atoms with Gasteiger partial charge in [-0.15, -0.1) is 0 Å². The summed E-state index contributed by atoms with van der Waals surface area (Å²) in [4.78, 5) is 28.5. The number of benzene rings is 3. The van der Waals surface area contributed by atoms with E-state index in [2.05, 4.69) is 5.32 Å². The summed E-state index contributed by atoms with van der Waals surface area (Å²) < 4.78 is 39.7. The molecule has 0 aliphatic rings. The van der Waals surface area contributed by atoms with Crippen LogP contribution < -0.4 is 19.1 Å². The van der Waals surface area contributed by atoms with Crippen molar-refractivity contribution in [2.45, 2.75) is 45.2 Å². The van der Waals surface area contributed by atoms with E-state index >= 15 is 0 Å². The van der Waals surface area contributed by atoms with Crippen LogP contribution in [0.1, 0.15) is 33.3 Å². The lowest BCUT2D eigenvalue weighted by Gasteiger charge is -2.32. The molecule has 3 rings (SSSR count). The van der Waals surface area contributed by atoms with Gasteiger partial charge in [-0.3, -0.25) is 13.9 Å². The minimum absolute atomic E-state index is 0.0318. The van der Waals surface area contributed by atoms with Crippen molar-refractivity contribution in [2.24, 2.45) is 5.92 Å². The Morgan fingerprint density at radius 3 is 2.21 bits per heavy atom. The monoisotopic (exact) mass is 615 g/mol. The summed E-state index contributed by atoms with van der Waals surface area (Å²) in [6.45, 7) is 7.81. The van der Waals surface area contributed by atoms with Gasteiger partial charge in [0.1, 0.15) is 24.1 Å². The van der Waals surface area contributed by atoms with E-state index < -0.39 is 28.5 Å². The van der Waals surface area contributed by atoms with Crippen LogP contribution in [0.15, 0.2) is 77.7 Å². The van der Waals surface area contributed by atoms with E-state index in [-0.39, 0.29) is 29.0 Å². The molecule has 42 heavy (non-hydrogen) atoms. The van der Waals surface area contributed by atoms with Gasteiger partial charge in [-0.1, -0.05) is 37.6 Å². The molecule has 0 bridgehead atoms. The second-order valence-corrected chi connectivity index (χ2v) is 12.4. The molecule has 0 aliphatic carbocycles. The van der Waals surface area contributed by atoms with Crippen LogP contribution in [0.4, 0.5) is 5.69 Å². The number of ether oxygens (including phenoxy) is 2. The lowest BCUT2D eigenvalue weighted by molar-refractivity contribution is -0.139. The first-order chi connectivity index (χ1) is 20.0. The van der Waals surface area contributed by atoms with Gasteiger partial charge in [0.25, 0.3) is 10.0 Å². The van der Waals surface area contributed by atoms with Gasteiger partial charge in [-0.2, -0.15) is 0 Å². The fourth-order valence-corrected chi connectivity index (χ4v) is 5.68. The standard InChI is InChI=1S/C31H38ClN3O6S/c1-6-41-27-14-12-26(13-15-27)35(42(38,39)29-16-10-25(32)11-17-29)21-30(36)34(23(4)31(37)33-19-22(2)3)20-24-8-7-9-28(18-24)40-5/h7-18,22-23H,6,19-21H2,1-5H3,(H,33,37)/t23-/m0/s1. The number of rotatable bonds is 14. The lowest BCUT2D eigenvalue weighted by Crippen LogP contribution is -2.51. The SMILES string of the molecule is CCOc1ccc(N(CC(=O)N(Cc2cccc(OC)c2)[C@@H](C)C(=O)NCC(C)C)S(=O)(=O)c2ccc(Cl)cc2)cc1.